The molecule has 2 N–H and O–H groups in total. The number of unbranched alkanes of at least 4 members (excludes halogenated alkanes) is 5. The molecule has 0 aromatic heterocycles. The van der Waals surface area contributed by atoms with E-state index in [9.17, 15) is 14.7 Å². The molecular formula is C22H29NO3. The zero-order chi connectivity index (χ0) is 18.8. The number of rotatable bonds is 11. The molecule has 2 rings (SSSR count). The predicted molar refractivity (Wildman–Crippen MR) is 105 cm³/mol. The van der Waals surface area contributed by atoms with Crippen molar-refractivity contribution in [2.75, 3.05) is 0 Å². The van der Waals surface area contributed by atoms with Crippen LogP contribution in [0.15, 0.2) is 42.5 Å². The lowest BCUT2D eigenvalue weighted by molar-refractivity contribution is -0.141. The fourth-order valence-corrected chi connectivity index (χ4v) is 3.22. The molecular weight excluding hydrogens is 326 g/mol. The first-order chi connectivity index (χ1) is 12.6. The van der Waals surface area contributed by atoms with Gasteiger partial charge in [-0.15, -0.1) is 0 Å². The van der Waals surface area contributed by atoms with Gasteiger partial charge >= 0.3 is 5.97 Å². The first-order valence-electron chi connectivity index (χ1n) is 9.60. The van der Waals surface area contributed by atoms with Gasteiger partial charge in [-0.3, -0.25) is 4.79 Å². The highest BCUT2D eigenvalue weighted by molar-refractivity contribution is 5.88. The van der Waals surface area contributed by atoms with Gasteiger partial charge in [0, 0.05) is 12.8 Å². The molecule has 4 heteroatoms. The Balaban J connectivity index is 1.90. The van der Waals surface area contributed by atoms with Crippen LogP contribution in [0.2, 0.25) is 0 Å². The van der Waals surface area contributed by atoms with Crippen molar-refractivity contribution >= 4 is 22.6 Å². The van der Waals surface area contributed by atoms with Gasteiger partial charge in [0.15, 0.2) is 0 Å². The minimum absolute atomic E-state index is 0.173. The molecule has 140 valence electrons. The van der Waals surface area contributed by atoms with E-state index in [-0.39, 0.29) is 5.91 Å². The summed E-state index contributed by atoms with van der Waals surface area (Å²) in [7, 11) is 0. The van der Waals surface area contributed by atoms with Gasteiger partial charge in [0.25, 0.3) is 0 Å². The minimum atomic E-state index is -0.991. The molecule has 0 aliphatic heterocycles. The molecule has 0 aliphatic rings. The standard InChI is InChI=1S/C22H29NO3/c1-2-3-4-5-6-7-15-21(24)23-20(22(25)26)16-18-13-10-12-17-11-8-9-14-19(17)18/h8-14,20H,2-7,15-16H2,1H3,(H,23,24)(H,25,26). The second-order valence-electron chi connectivity index (χ2n) is 6.82. The SMILES string of the molecule is CCCCCCCCC(=O)NC(Cc1cccc2ccccc12)C(=O)O. The predicted octanol–water partition coefficient (Wildman–Crippen LogP) is 4.70. The van der Waals surface area contributed by atoms with Gasteiger partial charge in [-0.1, -0.05) is 81.5 Å². The number of hydrogen-bond acceptors (Lipinski definition) is 2. The number of carbonyl (C=O) groups is 2. The van der Waals surface area contributed by atoms with Crippen LogP contribution < -0.4 is 5.32 Å². The van der Waals surface area contributed by atoms with Crippen LogP contribution in [-0.4, -0.2) is 23.0 Å². The topological polar surface area (TPSA) is 66.4 Å². The lowest BCUT2D eigenvalue weighted by atomic mass is 9.98. The number of carboxylic acids is 1. The fourth-order valence-electron chi connectivity index (χ4n) is 3.22. The van der Waals surface area contributed by atoms with Gasteiger partial charge in [-0.25, -0.2) is 4.79 Å². The number of carbonyl (C=O) groups excluding carboxylic acids is 1. The normalized spacial score (nSPS) is 12.0. The van der Waals surface area contributed by atoms with E-state index in [4.69, 9.17) is 0 Å². The third-order valence-corrected chi connectivity index (χ3v) is 4.69. The van der Waals surface area contributed by atoms with Crippen molar-refractivity contribution in [3.8, 4) is 0 Å². The lowest BCUT2D eigenvalue weighted by Crippen LogP contribution is -2.42. The van der Waals surface area contributed by atoms with E-state index in [2.05, 4.69) is 12.2 Å². The van der Waals surface area contributed by atoms with Crippen molar-refractivity contribution in [1.29, 1.82) is 0 Å². The third kappa shape index (κ3) is 6.17. The van der Waals surface area contributed by atoms with E-state index >= 15 is 0 Å². The molecule has 0 saturated heterocycles. The average Bonchev–Trinajstić information content (AvgIpc) is 2.64. The number of carboxylic acid groups (broad SMARTS) is 1. The molecule has 0 fully saturated rings. The van der Waals surface area contributed by atoms with Crippen LogP contribution in [0.3, 0.4) is 0 Å². The Morgan fingerprint density at radius 1 is 0.962 bits per heavy atom. The van der Waals surface area contributed by atoms with Crippen LogP contribution in [0.25, 0.3) is 10.8 Å². The number of benzene rings is 2. The lowest BCUT2D eigenvalue weighted by Gasteiger charge is -2.16. The smallest absolute Gasteiger partial charge is 0.326 e. The summed E-state index contributed by atoms with van der Waals surface area (Å²) in [6.07, 6.45) is 7.30. The summed E-state index contributed by atoms with van der Waals surface area (Å²) >= 11 is 0. The van der Waals surface area contributed by atoms with Gasteiger partial charge in [0.1, 0.15) is 6.04 Å². The highest BCUT2D eigenvalue weighted by atomic mass is 16.4. The van der Waals surface area contributed by atoms with Crippen molar-refractivity contribution in [2.45, 2.75) is 64.3 Å². The first kappa shape index (κ1) is 20.0. The van der Waals surface area contributed by atoms with Gasteiger partial charge < -0.3 is 10.4 Å². The fraction of sp³-hybridized carbons (Fsp3) is 0.455. The molecule has 2 aromatic rings. The second kappa shape index (κ2) is 10.6. The Hall–Kier alpha value is -2.36. The molecule has 2 aromatic carbocycles. The largest absolute Gasteiger partial charge is 0.480 e. The molecule has 0 saturated carbocycles. The Morgan fingerprint density at radius 3 is 2.42 bits per heavy atom. The number of fused-ring (bicyclic) bond motifs is 1. The summed E-state index contributed by atoms with van der Waals surface area (Å²) in [5.41, 5.74) is 0.940. The summed E-state index contributed by atoms with van der Waals surface area (Å²) in [6.45, 7) is 2.18. The number of amides is 1. The maximum Gasteiger partial charge on any atom is 0.326 e. The van der Waals surface area contributed by atoms with Crippen molar-refractivity contribution in [1.82, 2.24) is 5.32 Å². The summed E-state index contributed by atoms with van der Waals surface area (Å²) in [5.74, 6) is -1.16. The number of aliphatic carboxylic acids is 1. The van der Waals surface area contributed by atoms with Crippen LogP contribution in [0.1, 0.15) is 57.4 Å². The van der Waals surface area contributed by atoms with E-state index in [1.165, 1.54) is 19.3 Å². The van der Waals surface area contributed by atoms with Crippen LogP contribution in [-0.2, 0) is 16.0 Å². The zero-order valence-corrected chi connectivity index (χ0v) is 15.5. The maximum absolute atomic E-state index is 12.1. The van der Waals surface area contributed by atoms with E-state index in [1.807, 2.05) is 42.5 Å². The Kier molecular flexibility index (Phi) is 8.13. The van der Waals surface area contributed by atoms with Crippen molar-refractivity contribution < 1.29 is 14.7 Å². The summed E-state index contributed by atoms with van der Waals surface area (Å²) in [6, 6.07) is 12.9. The quantitative estimate of drug-likeness (QED) is 0.574. The van der Waals surface area contributed by atoms with Crippen LogP contribution in [0.4, 0.5) is 0 Å². The molecule has 0 heterocycles. The number of nitrogens with one attached hydrogen (secondary N) is 1. The van der Waals surface area contributed by atoms with Crippen molar-refractivity contribution in [3.63, 3.8) is 0 Å². The van der Waals surface area contributed by atoms with Gasteiger partial charge in [-0.2, -0.15) is 0 Å². The molecule has 0 aliphatic carbocycles. The average molecular weight is 355 g/mol. The minimum Gasteiger partial charge on any atom is -0.480 e. The van der Waals surface area contributed by atoms with Crippen LogP contribution in [0.5, 0.6) is 0 Å². The van der Waals surface area contributed by atoms with E-state index in [1.54, 1.807) is 0 Å². The molecule has 1 atom stereocenters. The van der Waals surface area contributed by atoms with Gasteiger partial charge in [0.2, 0.25) is 5.91 Å². The Morgan fingerprint density at radius 2 is 1.65 bits per heavy atom. The Labute approximate surface area is 155 Å². The van der Waals surface area contributed by atoms with Crippen molar-refractivity contribution in [2.24, 2.45) is 0 Å². The molecule has 4 nitrogen and oxygen atoms in total. The molecule has 1 unspecified atom stereocenters. The molecule has 0 spiro atoms. The van der Waals surface area contributed by atoms with E-state index in [0.29, 0.717) is 12.8 Å². The molecule has 26 heavy (non-hydrogen) atoms. The van der Waals surface area contributed by atoms with Crippen molar-refractivity contribution in [3.05, 3.63) is 48.0 Å². The Bertz CT molecular complexity index is 721. The molecule has 0 radical (unpaired) electrons. The molecule has 0 bridgehead atoms. The van der Waals surface area contributed by atoms with Crippen LogP contribution in [0, 0.1) is 0 Å². The van der Waals surface area contributed by atoms with E-state index < -0.39 is 12.0 Å². The summed E-state index contributed by atoms with van der Waals surface area (Å²) in [5, 5.41) is 14.3. The summed E-state index contributed by atoms with van der Waals surface area (Å²) in [4.78, 5) is 23.7. The monoisotopic (exact) mass is 355 g/mol. The first-order valence-corrected chi connectivity index (χ1v) is 9.60. The second-order valence-corrected chi connectivity index (χ2v) is 6.82. The highest BCUT2D eigenvalue weighted by Crippen LogP contribution is 2.20. The highest BCUT2D eigenvalue weighted by Gasteiger charge is 2.21. The maximum atomic E-state index is 12.1. The third-order valence-electron chi connectivity index (χ3n) is 4.69. The van der Waals surface area contributed by atoms with Gasteiger partial charge in [0.05, 0.1) is 0 Å². The number of hydrogen-bond donors (Lipinski definition) is 2. The van der Waals surface area contributed by atoms with Crippen LogP contribution >= 0.6 is 0 Å². The van der Waals surface area contributed by atoms with E-state index in [0.717, 1.165) is 35.6 Å². The van der Waals surface area contributed by atoms with Gasteiger partial charge in [-0.05, 0) is 22.8 Å². The summed E-state index contributed by atoms with van der Waals surface area (Å²) < 4.78 is 0. The zero-order valence-electron chi connectivity index (χ0n) is 15.5. The molecule has 1 amide bonds.